The first-order chi connectivity index (χ1) is 5.84. The predicted molar refractivity (Wildman–Crippen MR) is 62.8 cm³/mol. The number of hydrogen-bond donors (Lipinski definition) is 0. The van der Waals surface area contributed by atoms with Crippen LogP contribution in [0.15, 0.2) is 12.1 Å². The van der Waals surface area contributed by atoms with Crippen LogP contribution >= 0.6 is 0 Å². The highest BCUT2D eigenvalue weighted by Crippen LogP contribution is 2.26. The van der Waals surface area contributed by atoms with Crippen LogP contribution in [-0.4, -0.2) is 7.85 Å². The number of benzene rings is 1. The van der Waals surface area contributed by atoms with Crippen LogP contribution < -0.4 is 5.46 Å². The summed E-state index contributed by atoms with van der Waals surface area (Å²) in [6, 6.07) is 4.49. The van der Waals surface area contributed by atoms with Crippen molar-refractivity contribution in [3.63, 3.8) is 0 Å². The molecule has 70 valence electrons. The Balaban J connectivity index is 3.35. The van der Waals surface area contributed by atoms with Crippen LogP contribution in [0.3, 0.4) is 0 Å². The van der Waals surface area contributed by atoms with E-state index in [4.69, 9.17) is 0 Å². The fourth-order valence-electron chi connectivity index (χ4n) is 1.77. The van der Waals surface area contributed by atoms with Gasteiger partial charge in [-0.2, -0.15) is 0 Å². The van der Waals surface area contributed by atoms with Crippen LogP contribution in [0.1, 0.15) is 37.5 Å². The first-order valence-corrected chi connectivity index (χ1v) is 4.91. The molecule has 0 saturated carbocycles. The lowest BCUT2D eigenvalue weighted by molar-refractivity contribution is 0.585. The average molecular weight is 174 g/mol. The van der Waals surface area contributed by atoms with Gasteiger partial charge in [0.25, 0.3) is 0 Å². The largest absolute Gasteiger partial charge is 0.139 e. The second-order valence-corrected chi connectivity index (χ2v) is 4.93. The van der Waals surface area contributed by atoms with Gasteiger partial charge in [-0.05, 0) is 30.4 Å². The molecule has 0 aromatic heterocycles. The van der Waals surface area contributed by atoms with Crippen molar-refractivity contribution in [2.45, 2.75) is 40.0 Å². The molecule has 0 bridgehead atoms. The van der Waals surface area contributed by atoms with E-state index in [0.29, 0.717) is 0 Å². The molecule has 13 heavy (non-hydrogen) atoms. The number of rotatable bonds is 0. The summed E-state index contributed by atoms with van der Waals surface area (Å²) in [5.74, 6) is 0. The summed E-state index contributed by atoms with van der Waals surface area (Å²) < 4.78 is 0. The van der Waals surface area contributed by atoms with Crippen LogP contribution in [0.5, 0.6) is 0 Å². The van der Waals surface area contributed by atoms with Crippen molar-refractivity contribution in [3.8, 4) is 0 Å². The molecular formula is C12H19B. The minimum Gasteiger partial charge on any atom is -0.0858 e. The first kappa shape index (κ1) is 10.4. The van der Waals surface area contributed by atoms with E-state index in [0.717, 1.165) is 0 Å². The average Bonchev–Trinajstić information content (AvgIpc) is 1.98. The Labute approximate surface area is 82.8 Å². The van der Waals surface area contributed by atoms with Gasteiger partial charge in [-0.3, -0.25) is 0 Å². The van der Waals surface area contributed by atoms with E-state index in [1.54, 1.807) is 0 Å². The Bertz CT molecular complexity index is 319. The molecule has 0 radical (unpaired) electrons. The third-order valence-electron chi connectivity index (χ3n) is 2.87. The van der Waals surface area contributed by atoms with Crippen molar-refractivity contribution in [1.82, 2.24) is 0 Å². The lowest BCUT2D eigenvalue weighted by Gasteiger charge is -2.23. The molecule has 0 saturated heterocycles. The topological polar surface area (TPSA) is 0 Å². The third kappa shape index (κ3) is 1.96. The first-order valence-electron chi connectivity index (χ1n) is 4.91. The monoisotopic (exact) mass is 174 g/mol. The van der Waals surface area contributed by atoms with Crippen molar-refractivity contribution in [2.75, 3.05) is 0 Å². The maximum Gasteiger partial charge on any atom is 0.139 e. The summed E-state index contributed by atoms with van der Waals surface area (Å²) >= 11 is 0. The van der Waals surface area contributed by atoms with E-state index >= 15 is 0 Å². The van der Waals surface area contributed by atoms with Gasteiger partial charge in [0.05, 0.1) is 0 Å². The Morgan fingerprint density at radius 2 is 1.54 bits per heavy atom. The van der Waals surface area contributed by atoms with Crippen molar-refractivity contribution in [1.29, 1.82) is 0 Å². The Morgan fingerprint density at radius 1 is 1.00 bits per heavy atom. The lowest BCUT2D eigenvalue weighted by atomic mass is 9.78. The van der Waals surface area contributed by atoms with Crippen LogP contribution in [0.2, 0.25) is 0 Å². The van der Waals surface area contributed by atoms with E-state index in [2.05, 4.69) is 54.6 Å². The second kappa shape index (κ2) is 3.21. The molecule has 0 unspecified atom stereocenters. The van der Waals surface area contributed by atoms with Gasteiger partial charge in [-0.25, -0.2) is 0 Å². The minimum absolute atomic E-state index is 0.266. The molecule has 0 aliphatic heterocycles. The molecule has 1 heteroatoms. The van der Waals surface area contributed by atoms with E-state index in [-0.39, 0.29) is 5.41 Å². The third-order valence-corrected chi connectivity index (χ3v) is 2.87. The summed E-state index contributed by atoms with van der Waals surface area (Å²) in [7, 11) is 2.18. The van der Waals surface area contributed by atoms with Gasteiger partial charge in [-0.1, -0.05) is 43.9 Å². The van der Waals surface area contributed by atoms with E-state index in [1.165, 1.54) is 22.2 Å². The van der Waals surface area contributed by atoms with E-state index in [9.17, 15) is 0 Å². The quantitative estimate of drug-likeness (QED) is 0.526. The molecule has 0 fully saturated rings. The van der Waals surface area contributed by atoms with Gasteiger partial charge in [-0.15, -0.1) is 0 Å². The van der Waals surface area contributed by atoms with Crippen LogP contribution in [0.25, 0.3) is 0 Å². The molecule has 0 amide bonds. The fraction of sp³-hybridized carbons (Fsp3) is 0.500. The van der Waals surface area contributed by atoms with Gasteiger partial charge >= 0.3 is 0 Å². The van der Waals surface area contributed by atoms with Gasteiger partial charge in [0.2, 0.25) is 0 Å². The molecule has 0 spiro atoms. The fourth-order valence-corrected chi connectivity index (χ4v) is 1.77. The molecule has 0 aliphatic carbocycles. The minimum atomic E-state index is 0.266. The number of hydrogen-bond acceptors (Lipinski definition) is 0. The molecule has 0 N–H and O–H groups in total. The molecule has 1 aromatic rings. The second-order valence-electron chi connectivity index (χ2n) is 4.93. The zero-order valence-electron chi connectivity index (χ0n) is 9.65. The van der Waals surface area contributed by atoms with Crippen LogP contribution in [-0.2, 0) is 5.41 Å². The Morgan fingerprint density at radius 3 is 2.00 bits per heavy atom. The highest BCUT2D eigenvalue weighted by molar-refractivity contribution is 6.33. The summed E-state index contributed by atoms with van der Waals surface area (Å²) in [4.78, 5) is 0. The van der Waals surface area contributed by atoms with E-state index in [1.807, 2.05) is 0 Å². The van der Waals surface area contributed by atoms with Crippen molar-refractivity contribution < 1.29 is 0 Å². The predicted octanol–water partition coefficient (Wildman–Crippen LogP) is 1.86. The van der Waals surface area contributed by atoms with Gasteiger partial charge < -0.3 is 0 Å². The Hall–Kier alpha value is -0.715. The maximum absolute atomic E-state index is 2.27. The molecule has 1 aromatic carbocycles. The highest BCUT2D eigenvalue weighted by atomic mass is 14.2. The summed E-state index contributed by atoms with van der Waals surface area (Å²) in [6.07, 6.45) is 0. The van der Waals surface area contributed by atoms with E-state index < -0.39 is 0 Å². The molecule has 0 atom stereocenters. The van der Waals surface area contributed by atoms with Gasteiger partial charge in [0, 0.05) is 0 Å². The van der Waals surface area contributed by atoms with Crippen LogP contribution in [0, 0.1) is 13.8 Å². The summed E-state index contributed by atoms with van der Waals surface area (Å²) in [5.41, 5.74) is 6.02. The summed E-state index contributed by atoms with van der Waals surface area (Å²) in [5, 5.41) is 0. The molecule has 0 nitrogen and oxygen atoms in total. The zero-order valence-corrected chi connectivity index (χ0v) is 9.65. The van der Waals surface area contributed by atoms with Crippen LogP contribution in [0.4, 0.5) is 0 Å². The lowest BCUT2D eigenvalue weighted by Crippen LogP contribution is -2.18. The van der Waals surface area contributed by atoms with Gasteiger partial charge in [0.15, 0.2) is 0 Å². The molecule has 0 heterocycles. The molecule has 1 rings (SSSR count). The zero-order chi connectivity index (χ0) is 10.2. The standard InChI is InChI=1S/C12H19B/c1-8-9(2)11(13)7-6-10(8)12(3,4)5/h6-7H,13H2,1-5H3. The molecule has 0 aliphatic rings. The SMILES string of the molecule is Bc1ccc(C(C)(C)C)c(C)c1C. The van der Waals surface area contributed by atoms with Crippen molar-refractivity contribution in [3.05, 3.63) is 28.8 Å². The van der Waals surface area contributed by atoms with Crippen molar-refractivity contribution in [2.24, 2.45) is 0 Å². The molecular weight excluding hydrogens is 155 g/mol. The van der Waals surface area contributed by atoms with Gasteiger partial charge in [0.1, 0.15) is 7.85 Å². The smallest absolute Gasteiger partial charge is 0.0858 e. The maximum atomic E-state index is 2.27. The Kier molecular flexibility index (Phi) is 2.56. The van der Waals surface area contributed by atoms with Crippen molar-refractivity contribution >= 4 is 13.3 Å². The normalized spacial score (nSPS) is 11.8. The highest BCUT2D eigenvalue weighted by Gasteiger charge is 2.16. The summed E-state index contributed by atoms with van der Waals surface area (Å²) in [6.45, 7) is 11.2.